The van der Waals surface area contributed by atoms with Gasteiger partial charge in [0, 0.05) is 5.69 Å². The molecule has 4 N–H and O–H groups in total. The van der Waals surface area contributed by atoms with E-state index in [1.54, 1.807) is 25.1 Å². The van der Waals surface area contributed by atoms with Gasteiger partial charge in [-0.1, -0.05) is 11.8 Å². The van der Waals surface area contributed by atoms with E-state index in [1.165, 1.54) is 18.9 Å². The maximum atomic E-state index is 11.9. The van der Waals surface area contributed by atoms with Gasteiger partial charge in [-0.2, -0.15) is 0 Å². The van der Waals surface area contributed by atoms with Crippen LogP contribution in [0.5, 0.6) is 5.75 Å². The van der Waals surface area contributed by atoms with Crippen LogP contribution in [0.2, 0.25) is 0 Å². The van der Waals surface area contributed by atoms with Crippen molar-refractivity contribution < 1.29 is 9.53 Å². The number of nitrogens with zero attached hydrogens (tertiary/aromatic N) is 2. The molecule has 106 valence electrons. The van der Waals surface area contributed by atoms with Crippen molar-refractivity contribution >= 4 is 29.0 Å². The standard InChI is InChI=1S/C12H15N5O2S/c1-7-14-12(17-16-7)20-6-11(18)15-9-5-8(13)3-4-10(9)19-2/h3-5H,6,13H2,1-2H3,(H,15,18)(H,14,16,17). The molecule has 2 rings (SSSR count). The molecule has 2 aromatic rings. The second kappa shape index (κ2) is 6.29. The Morgan fingerprint density at radius 2 is 2.35 bits per heavy atom. The molecule has 0 bridgehead atoms. The molecule has 0 unspecified atom stereocenters. The molecular weight excluding hydrogens is 278 g/mol. The quantitative estimate of drug-likeness (QED) is 0.569. The first-order valence-electron chi connectivity index (χ1n) is 5.83. The maximum Gasteiger partial charge on any atom is 0.234 e. The number of carbonyl (C=O) groups excluding carboxylic acids is 1. The van der Waals surface area contributed by atoms with E-state index >= 15 is 0 Å². The van der Waals surface area contributed by atoms with Crippen LogP contribution in [0.1, 0.15) is 5.82 Å². The number of rotatable bonds is 5. The van der Waals surface area contributed by atoms with E-state index in [9.17, 15) is 4.79 Å². The van der Waals surface area contributed by atoms with Crippen LogP contribution in [0.25, 0.3) is 0 Å². The lowest BCUT2D eigenvalue weighted by Crippen LogP contribution is -2.15. The number of thioether (sulfide) groups is 1. The molecule has 0 radical (unpaired) electrons. The number of carbonyl (C=O) groups is 1. The van der Waals surface area contributed by atoms with Crippen LogP contribution < -0.4 is 15.8 Å². The Morgan fingerprint density at radius 1 is 1.55 bits per heavy atom. The van der Waals surface area contributed by atoms with Crippen molar-refractivity contribution in [2.24, 2.45) is 0 Å². The number of ether oxygens (including phenoxy) is 1. The smallest absolute Gasteiger partial charge is 0.234 e. The summed E-state index contributed by atoms with van der Waals surface area (Å²) in [6.07, 6.45) is 0. The summed E-state index contributed by atoms with van der Waals surface area (Å²) in [5, 5.41) is 9.95. The molecule has 8 heteroatoms. The van der Waals surface area contributed by atoms with Crippen molar-refractivity contribution in [2.45, 2.75) is 12.1 Å². The Morgan fingerprint density at radius 3 is 3.00 bits per heavy atom. The summed E-state index contributed by atoms with van der Waals surface area (Å²) in [4.78, 5) is 16.0. The molecule has 0 saturated heterocycles. The third-order valence-electron chi connectivity index (χ3n) is 2.41. The molecule has 0 aliphatic rings. The Hall–Kier alpha value is -2.22. The number of hydrogen-bond donors (Lipinski definition) is 3. The number of benzene rings is 1. The fourth-order valence-corrected chi connectivity index (χ4v) is 2.17. The SMILES string of the molecule is COc1ccc(N)cc1NC(=O)CSc1n[nH]c(C)n1. The van der Waals surface area contributed by atoms with Crippen LogP contribution in [-0.4, -0.2) is 34.0 Å². The molecule has 0 spiro atoms. The highest BCUT2D eigenvalue weighted by atomic mass is 32.2. The van der Waals surface area contributed by atoms with Gasteiger partial charge in [0.1, 0.15) is 11.6 Å². The Balaban J connectivity index is 1.96. The zero-order valence-electron chi connectivity index (χ0n) is 11.1. The number of anilines is 2. The second-order valence-corrected chi connectivity index (χ2v) is 4.94. The van der Waals surface area contributed by atoms with Crippen LogP contribution in [0, 0.1) is 6.92 Å². The molecule has 0 aliphatic carbocycles. The summed E-state index contributed by atoms with van der Waals surface area (Å²) >= 11 is 1.25. The van der Waals surface area contributed by atoms with Gasteiger partial charge in [-0.15, -0.1) is 5.10 Å². The van der Waals surface area contributed by atoms with E-state index in [1.807, 2.05) is 0 Å². The first-order chi connectivity index (χ1) is 9.58. The van der Waals surface area contributed by atoms with Crippen molar-refractivity contribution in [1.29, 1.82) is 0 Å². The highest BCUT2D eigenvalue weighted by Gasteiger charge is 2.10. The van der Waals surface area contributed by atoms with E-state index in [2.05, 4.69) is 20.5 Å². The second-order valence-electron chi connectivity index (χ2n) is 4.00. The minimum atomic E-state index is -0.179. The first-order valence-corrected chi connectivity index (χ1v) is 6.82. The van der Waals surface area contributed by atoms with Crippen molar-refractivity contribution in [3.8, 4) is 5.75 Å². The fraction of sp³-hybridized carbons (Fsp3) is 0.250. The largest absolute Gasteiger partial charge is 0.495 e. The number of methoxy groups -OCH3 is 1. The van der Waals surface area contributed by atoms with Crippen LogP contribution in [0.4, 0.5) is 11.4 Å². The van der Waals surface area contributed by atoms with Crippen LogP contribution in [0.3, 0.4) is 0 Å². The molecule has 0 fully saturated rings. The molecule has 1 aromatic carbocycles. The first kappa shape index (κ1) is 14.2. The zero-order chi connectivity index (χ0) is 14.5. The van der Waals surface area contributed by atoms with Crippen molar-refractivity contribution in [3.63, 3.8) is 0 Å². The summed E-state index contributed by atoms with van der Waals surface area (Å²) < 4.78 is 5.16. The predicted molar refractivity (Wildman–Crippen MR) is 77.9 cm³/mol. The molecule has 0 aliphatic heterocycles. The van der Waals surface area contributed by atoms with Gasteiger partial charge in [-0.3, -0.25) is 9.89 Å². The fourth-order valence-electron chi connectivity index (χ4n) is 1.53. The van der Waals surface area contributed by atoms with Crippen LogP contribution in [0.15, 0.2) is 23.4 Å². The molecule has 7 nitrogen and oxygen atoms in total. The van der Waals surface area contributed by atoms with Gasteiger partial charge in [0.15, 0.2) is 0 Å². The summed E-state index contributed by atoms with van der Waals surface area (Å²) in [5.74, 6) is 1.30. The van der Waals surface area contributed by atoms with Crippen molar-refractivity contribution in [2.75, 3.05) is 23.9 Å². The van der Waals surface area contributed by atoms with E-state index in [0.717, 1.165) is 0 Å². The molecule has 1 heterocycles. The minimum absolute atomic E-state index is 0.179. The number of nitrogens with two attached hydrogens (primary N) is 1. The number of hydrogen-bond acceptors (Lipinski definition) is 6. The van der Waals surface area contributed by atoms with E-state index in [-0.39, 0.29) is 11.7 Å². The summed E-state index contributed by atoms with van der Waals surface area (Å²) in [7, 11) is 1.53. The van der Waals surface area contributed by atoms with E-state index in [0.29, 0.717) is 28.1 Å². The number of nitrogen functional groups attached to an aromatic ring is 1. The molecule has 1 aromatic heterocycles. The van der Waals surface area contributed by atoms with E-state index in [4.69, 9.17) is 10.5 Å². The number of aromatic nitrogens is 3. The van der Waals surface area contributed by atoms with Crippen molar-refractivity contribution in [1.82, 2.24) is 15.2 Å². The minimum Gasteiger partial charge on any atom is -0.495 e. The van der Waals surface area contributed by atoms with Gasteiger partial charge in [0.05, 0.1) is 18.6 Å². The van der Waals surface area contributed by atoms with E-state index < -0.39 is 0 Å². The third kappa shape index (κ3) is 3.64. The number of H-pyrrole nitrogens is 1. The van der Waals surface area contributed by atoms with Gasteiger partial charge in [0.2, 0.25) is 11.1 Å². The molecular formula is C12H15N5O2S. The molecule has 1 amide bonds. The Bertz CT molecular complexity index is 614. The molecule has 0 atom stereocenters. The topological polar surface area (TPSA) is 106 Å². The maximum absolute atomic E-state index is 11.9. The monoisotopic (exact) mass is 293 g/mol. The normalized spacial score (nSPS) is 10.3. The number of aromatic amines is 1. The van der Waals surface area contributed by atoms with Gasteiger partial charge < -0.3 is 15.8 Å². The Labute approximate surface area is 120 Å². The number of nitrogens with one attached hydrogen (secondary N) is 2. The highest BCUT2D eigenvalue weighted by Crippen LogP contribution is 2.26. The third-order valence-corrected chi connectivity index (χ3v) is 3.25. The van der Waals surface area contributed by atoms with Gasteiger partial charge in [-0.25, -0.2) is 4.98 Å². The lowest BCUT2D eigenvalue weighted by Gasteiger charge is -2.10. The molecule has 0 saturated carbocycles. The average Bonchev–Trinajstić information content (AvgIpc) is 2.83. The molecule has 20 heavy (non-hydrogen) atoms. The highest BCUT2D eigenvalue weighted by molar-refractivity contribution is 7.99. The van der Waals surface area contributed by atoms with Gasteiger partial charge in [0.25, 0.3) is 0 Å². The predicted octanol–water partition coefficient (Wildman–Crippen LogP) is 1.43. The lowest BCUT2D eigenvalue weighted by atomic mass is 10.2. The van der Waals surface area contributed by atoms with Crippen molar-refractivity contribution in [3.05, 3.63) is 24.0 Å². The summed E-state index contributed by atoms with van der Waals surface area (Å²) in [6, 6.07) is 5.06. The lowest BCUT2D eigenvalue weighted by molar-refractivity contribution is -0.113. The average molecular weight is 293 g/mol. The summed E-state index contributed by atoms with van der Waals surface area (Å²) in [5.41, 5.74) is 6.79. The number of amides is 1. The zero-order valence-corrected chi connectivity index (χ0v) is 12.0. The number of aryl methyl sites for hydroxylation is 1. The van der Waals surface area contributed by atoms with Gasteiger partial charge in [-0.05, 0) is 25.1 Å². The van der Waals surface area contributed by atoms with Crippen LogP contribution >= 0.6 is 11.8 Å². The van der Waals surface area contributed by atoms with Crippen LogP contribution in [-0.2, 0) is 4.79 Å². The van der Waals surface area contributed by atoms with Gasteiger partial charge >= 0.3 is 0 Å². The summed E-state index contributed by atoms with van der Waals surface area (Å²) in [6.45, 7) is 1.80. The Kier molecular flexibility index (Phi) is 4.46.